The molecule has 1 aromatic rings. The van der Waals surface area contributed by atoms with Crippen LogP contribution in [0.4, 0.5) is 10.6 Å². The number of carbonyl (C=O) groups is 1. The molecule has 2 fully saturated rings. The van der Waals surface area contributed by atoms with Crippen molar-refractivity contribution in [2.45, 2.75) is 18.9 Å². The summed E-state index contributed by atoms with van der Waals surface area (Å²) in [4.78, 5) is 17.2. The van der Waals surface area contributed by atoms with Crippen LogP contribution in [-0.4, -0.2) is 49.8 Å². The van der Waals surface area contributed by atoms with Crippen molar-refractivity contribution in [1.82, 2.24) is 9.29 Å². The van der Waals surface area contributed by atoms with E-state index in [0.717, 1.165) is 18.4 Å². The predicted octanol–water partition coefficient (Wildman–Crippen LogP) is 1.13. The van der Waals surface area contributed by atoms with E-state index in [0.29, 0.717) is 25.5 Å². The molecule has 0 bridgehead atoms. The van der Waals surface area contributed by atoms with Crippen molar-refractivity contribution in [2.24, 2.45) is 0 Å². The summed E-state index contributed by atoms with van der Waals surface area (Å²) >= 11 is 0. The largest absolute Gasteiger partial charge is 0.447 e. The molecule has 0 N–H and O–H groups in total. The van der Waals surface area contributed by atoms with Crippen LogP contribution in [0.2, 0.25) is 0 Å². The first-order valence-electron chi connectivity index (χ1n) is 6.84. The third-order valence-electron chi connectivity index (χ3n) is 3.82. The zero-order chi connectivity index (χ0) is 15.0. The molecule has 8 heteroatoms. The molecule has 0 saturated carbocycles. The number of rotatable bonds is 3. The molecule has 0 spiro atoms. The third kappa shape index (κ3) is 2.73. The van der Waals surface area contributed by atoms with Gasteiger partial charge in [0, 0.05) is 18.8 Å². The van der Waals surface area contributed by atoms with E-state index in [-0.39, 0.29) is 6.04 Å². The number of nitrogens with zero attached hydrogens (tertiary/aromatic N) is 3. The zero-order valence-electron chi connectivity index (χ0n) is 11.7. The van der Waals surface area contributed by atoms with E-state index >= 15 is 0 Å². The lowest BCUT2D eigenvalue weighted by molar-refractivity contribution is 0.181. The first-order valence-corrected chi connectivity index (χ1v) is 8.69. The minimum atomic E-state index is -3.23. The van der Waals surface area contributed by atoms with E-state index < -0.39 is 16.1 Å². The molecule has 3 heterocycles. The Balaban J connectivity index is 1.91. The lowest BCUT2D eigenvalue weighted by Crippen LogP contribution is -2.30. The second-order valence-corrected chi connectivity index (χ2v) is 7.18. The highest BCUT2D eigenvalue weighted by Gasteiger charge is 2.33. The molecule has 0 aliphatic carbocycles. The van der Waals surface area contributed by atoms with Gasteiger partial charge in [-0.2, -0.15) is 4.31 Å². The molecule has 21 heavy (non-hydrogen) atoms. The summed E-state index contributed by atoms with van der Waals surface area (Å²) < 4.78 is 30.1. The predicted molar refractivity (Wildman–Crippen MR) is 76.5 cm³/mol. The molecule has 0 radical (unpaired) electrons. The van der Waals surface area contributed by atoms with Gasteiger partial charge in [0.1, 0.15) is 12.4 Å². The summed E-state index contributed by atoms with van der Waals surface area (Å²) in [5.41, 5.74) is 0.864. The number of carbonyl (C=O) groups excluding carboxylic acids is 1. The summed E-state index contributed by atoms with van der Waals surface area (Å²) in [6.45, 7) is 1.35. The molecular formula is C13H17N3O4S. The second kappa shape index (κ2) is 5.27. The van der Waals surface area contributed by atoms with Crippen LogP contribution in [0.5, 0.6) is 0 Å². The van der Waals surface area contributed by atoms with Gasteiger partial charge in [0.25, 0.3) is 0 Å². The zero-order valence-corrected chi connectivity index (χ0v) is 12.5. The van der Waals surface area contributed by atoms with Gasteiger partial charge in [-0.1, -0.05) is 0 Å². The number of hydrogen-bond donors (Lipinski definition) is 0. The van der Waals surface area contributed by atoms with Gasteiger partial charge >= 0.3 is 6.09 Å². The Kier molecular flexibility index (Phi) is 3.58. The molecule has 3 rings (SSSR count). The van der Waals surface area contributed by atoms with Crippen molar-refractivity contribution in [1.29, 1.82) is 0 Å². The molecular weight excluding hydrogens is 294 g/mol. The summed E-state index contributed by atoms with van der Waals surface area (Å²) in [7, 11) is -3.23. The summed E-state index contributed by atoms with van der Waals surface area (Å²) in [6.07, 6.45) is 4.04. The average Bonchev–Trinajstić information content (AvgIpc) is 3.06. The smallest absolute Gasteiger partial charge is 0.415 e. The van der Waals surface area contributed by atoms with Crippen molar-refractivity contribution in [3.8, 4) is 0 Å². The Morgan fingerprint density at radius 3 is 2.86 bits per heavy atom. The van der Waals surface area contributed by atoms with E-state index in [1.807, 2.05) is 0 Å². The van der Waals surface area contributed by atoms with Gasteiger partial charge in [0.15, 0.2) is 0 Å². The average molecular weight is 311 g/mol. The number of pyridine rings is 1. The number of cyclic esters (lactones) is 1. The van der Waals surface area contributed by atoms with Gasteiger partial charge in [0.05, 0.1) is 12.8 Å². The molecule has 1 amide bonds. The Morgan fingerprint density at radius 1 is 1.38 bits per heavy atom. The SMILES string of the molecule is CS(=O)(=O)N1CCC[C@H]1c1ccnc(N2CCOC2=O)c1. The maximum Gasteiger partial charge on any atom is 0.415 e. The molecule has 2 saturated heterocycles. The molecule has 114 valence electrons. The number of sulfonamides is 1. The van der Waals surface area contributed by atoms with Gasteiger partial charge in [-0.25, -0.2) is 18.2 Å². The Labute approximate surface area is 123 Å². The van der Waals surface area contributed by atoms with Crippen LogP contribution in [0.3, 0.4) is 0 Å². The fraction of sp³-hybridized carbons (Fsp3) is 0.538. The molecule has 7 nitrogen and oxygen atoms in total. The summed E-state index contributed by atoms with van der Waals surface area (Å²) in [5, 5.41) is 0. The van der Waals surface area contributed by atoms with E-state index in [2.05, 4.69) is 4.98 Å². The van der Waals surface area contributed by atoms with Gasteiger partial charge < -0.3 is 4.74 Å². The number of ether oxygens (including phenoxy) is 1. The number of hydrogen-bond acceptors (Lipinski definition) is 5. The van der Waals surface area contributed by atoms with Crippen LogP contribution < -0.4 is 4.90 Å². The topological polar surface area (TPSA) is 79.8 Å². The molecule has 2 aliphatic rings. The van der Waals surface area contributed by atoms with Gasteiger partial charge in [-0.15, -0.1) is 0 Å². The van der Waals surface area contributed by atoms with Crippen LogP contribution in [-0.2, 0) is 14.8 Å². The number of anilines is 1. The monoisotopic (exact) mass is 311 g/mol. The fourth-order valence-electron chi connectivity index (χ4n) is 2.86. The fourth-order valence-corrected chi connectivity index (χ4v) is 4.01. The standard InChI is InChI=1S/C13H17N3O4S/c1-21(18,19)16-6-2-3-11(16)10-4-5-14-12(9-10)15-7-8-20-13(15)17/h4-5,9,11H,2-3,6-8H2,1H3/t11-/m0/s1. The van der Waals surface area contributed by atoms with Crippen molar-refractivity contribution in [2.75, 3.05) is 30.9 Å². The normalized spacial score (nSPS) is 23.6. The Morgan fingerprint density at radius 2 is 2.19 bits per heavy atom. The van der Waals surface area contributed by atoms with Crippen LogP contribution in [0, 0.1) is 0 Å². The van der Waals surface area contributed by atoms with E-state index in [1.54, 1.807) is 18.3 Å². The molecule has 1 aromatic heterocycles. The highest BCUT2D eigenvalue weighted by atomic mass is 32.2. The highest BCUT2D eigenvalue weighted by Crippen LogP contribution is 2.34. The van der Waals surface area contributed by atoms with Gasteiger partial charge in [0.2, 0.25) is 10.0 Å². The van der Waals surface area contributed by atoms with Gasteiger partial charge in [-0.05, 0) is 30.5 Å². The third-order valence-corrected chi connectivity index (χ3v) is 5.11. The quantitative estimate of drug-likeness (QED) is 0.836. The van der Waals surface area contributed by atoms with Crippen molar-refractivity contribution >= 4 is 21.9 Å². The van der Waals surface area contributed by atoms with Crippen LogP contribution in [0.1, 0.15) is 24.4 Å². The molecule has 2 aliphatic heterocycles. The Hall–Kier alpha value is -1.67. The summed E-state index contributed by atoms with van der Waals surface area (Å²) in [5.74, 6) is 0.510. The van der Waals surface area contributed by atoms with E-state index in [1.165, 1.54) is 15.5 Å². The van der Waals surface area contributed by atoms with Gasteiger partial charge in [-0.3, -0.25) is 4.90 Å². The van der Waals surface area contributed by atoms with Crippen LogP contribution in [0.25, 0.3) is 0 Å². The molecule has 0 aromatic carbocycles. The first kappa shape index (κ1) is 14.3. The molecule has 1 atom stereocenters. The van der Waals surface area contributed by atoms with E-state index in [9.17, 15) is 13.2 Å². The van der Waals surface area contributed by atoms with Crippen LogP contribution >= 0.6 is 0 Å². The lowest BCUT2D eigenvalue weighted by Gasteiger charge is -2.23. The highest BCUT2D eigenvalue weighted by molar-refractivity contribution is 7.88. The van der Waals surface area contributed by atoms with Crippen molar-refractivity contribution in [3.63, 3.8) is 0 Å². The minimum absolute atomic E-state index is 0.180. The van der Waals surface area contributed by atoms with Crippen molar-refractivity contribution < 1.29 is 17.9 Å². The first-order chi connectivity index (χ1) is 9.97. The second-order valence-electron chi connectivity index (χ2n) is 5.25. The minimum Gasteiger partial charge on any atom is -0.447 e. The number of aromatic nitrogens is 1. The lowest BCUT2D eigenvalue weighted by atomic mass is 10.1. The summed E-state index contributed by atoms with van der Waals surface area (Å²) in [6, 6.07) is 3.40. The maximum absolute atomic E-state index is 11.8. The maximum atomic E-state index is 11.8. The van der Waals surface area contributed by atoms with Crippen LogP contribution in [0.15, 0.2) is 18.3 Å². The number of amides is 1. The van der Waals surface area contributed by atoms with E-state index in [4.69, 9.17) is 4.74 Å². The molecule has 0 unspecified atom stereocenters. The van der Waals surface area contributed by atoms with Crippen molar-refractivity contribution in [3.05, 3.63) is 23.9 Å². The Bertz CT molecular complexity index is 661.